The van der Waals surface area contributed by atoms with Crippen molar-refractivity contribution in [3.63, 3.8) is 0 Å². The number of amides is 1. The van der Waals surface area contributed by atoms with Crippen molar-refractivity contribution in [3.8, 4) is 0 Å². The van der Waals surface area contributed by atoms with E-state index >= 15 is 0 Å². The average molecular weight is 455 g/mol. The van der Waals surface area contributed by atoms with E-state index < -0.39 is 27.7 Å². The van der Waals surface area contributed by atoms with Crippen LogP contribution in [0.4, 0.5) is 0 Å². The zero-order valence-corrected chi connectivity index (χ0v) is 18.5. The molecule has 6 heteroatoms. The van der Waals surface area contributed by atoms with Gasteiger partial charge >= 0.3 is 10.2 Å². The minimum absolute atomic E-state index is 0.544. The summed E-state index contributed by atoms with van der Waals surface area (Å²) in [6, 6.07) is 35.6. The fourth-order valence-corrected chi connectivity index (χ4v) is 6.14. The van der Waals surface area contributed by atoms with Gasteiger partial charge in [-0.05, 0) is 22.3 Å². The van der Waals surface area contributed by atoms with Crippen molar-refractivity contribution in [2.24, 2.45) is 0 Å². The Morgan fingerprint density at radius 2 is 0.970 bits per heavy atom. The summed E-state index contributed by atoms with van der Waals surface area (Å²) >= 11 is 0. The van der Waals surface area contributed by atoms with Crippen LogP contribution in [0, 0.1) is 0 Å². The van der Waals surface area contributed by atoms with Gasteiger partial charge < -0.3 is 0 Å². The largest absolute Gasteiger partial charge is 0.306 e. The van der Waals surface area contributed by atoms with Gasteiger partial charge in [-0.3, -0.25) is 4.79 Å². The van der Waals surface area contributed by atoms with Crippen LogP contribution >= 0.6 is 0 Å². The Balaban J connectivity index is 1.76. The first kappa shape index (κ1) is 21.1. The highest BCUT2D eigenvalue weighted by molar-refractivity contribution is 7.88. The van der Waals surface area contributed by atoms with Gasteiger partial charge in [0, 0.05) is 0 Å². The molecule has 0 aliphatic carbocycles. The fourth-order valence-electron chi connectivity index (χ4n) is 4.46. The second kappa shape index (κ2) is 8.31. The van der Waals surface area contributed by atoms with Gasteiger partial charge in [0.2, 0.25) is 0 Å². The van der Waals surface area contributed by atoms with Crippen molar-refractivity contribution in [3.05, 3.63) is 144 Å². The molecule has 0 unspecified atom stereocenters. The SMILES string of the molecule is O=C1N(C(c2ccccc2)c2ccccc2)S(=O)(=O)NC1(c1ccccc1)c1ccccc1. The summed E-state index contributed by atoms with van der Waals surface area (Å²) < 4.78 is 31.2. The molecule has 33 heavy (non-hydrogen) atoms. The molecule has 1 heterocycles. The molecule has 1 fully saturated rings. The van der Waals surface area contributed by atoms with E-state index in [1.807, 2.05) is 72.8 Å². The molecule has 1 aliphatic heterocycles. The zero-order chi connectivity index (χ0) is 22.9. The second-order valence-electron chi connectivity index (χ2n) is 7.91. The molecule has 4 aromatic carbocycles. The lowest BCUT2D eigenvalue weighted by Gasteiger charge is -2.30. The first-order valence-corrected chi connectivity index (χ1v) is 12.1. The quantitative estimate of drug-likeness (QED) is 0.486. The molecule has 0 atom stereocenters. The van der Waals surface area contributed by atoms with Gasteiger partial charge in [-0.15, -0.1) is 0 Å². The van der Waals surface area contributed by atoms with E-state index in [0.717, 1.165) is 4.31 Å². The Bertz CT molecular complexity index is 1280. The number of rotatable bonds is 5. The molecule has 0 aromatic heterocycles. The van der Waals surface area contributed by atoms with E-state index in [9.17, 15) is 13.2 Å². The topological polar surface area (TPSA) is 66.5 Å². The minimum Gasteiger partial charge on any atom is -0.271 e. The van der Waals surface area contributed by atoms with E-state index in [1.165, 1.54) is 0 Å². The molecule has 0 radical (unpaired) electrons. The maximum atomic E-state index is 14.3. The summed E-state index contributed by atoms with van der Waals surface area (Å²) in [5.74, 6) is -0.544. The third kappa shape index (κ3) is 3.53. The molecule has 4 aromatic rings. The van der Waals surface area contributed by atoms with Crippen molar-refractivity contribution >= 4 is 16.1 Å². The summed E-state index contributed by atoms with van der Waals surface area (Å²) in [7, 11) is -4.20. The molecule has 164 valence electrons. The molecule has 0 bridgehead atoms. The van der Waals surface area contributed by atoms with Gasteiger partial charge in [-0.2, -0.15) is 13.1 Å². The summed E-state index contributed by atoms with van der Waals surface area (Å²) in [5, 5.41) is 0. The fraction of sp³-hybridized carbons (Fsp3) is 0.0741. The van der Waals surface area contributed by atoms with Crippen molar-refractivity contribution in [1.82, 2.24) is 9.03 Å². The number of nitrogens with zero attached hydrogens (tertiary/aromatic N) is 1. The van der Waals surface area contributed by atoms with E-state index in [0.29, 0.717) is 22.3 Å². The first-order valence-electron chi connectivity index (χ1n) is 10.6. The van der Waals surface area contributed by atoms with E-state index in [2.05, 4.69) is 4.72 Å². The van der Waals surface area contributed by atoms with Crippen LogP contribution in [0.15, 0.2) is 121 Å². The van der Waals surface area contributed by atoms with Crippen LogP contribution in [0.1, 0.15) is 28.3 Å². The Labute approximate surface area is 193 Å². The number of carbonyl (C=O) groups is 1. The Hall–Kier alpha value is -3.74. The van der Waals surface area contributed by atoms with Gasteiger partial charge in [-0.25, -0.2) is 4.31 Å². The zero-order valence-electron chi connectivity index (χ0n) is 17.7. The molecule has 1 saturated heterocycles. The summed E-state index contributed by atoms with van der Waals surface area (Å²) in [6.45, 7) is 0. The summed E-state index contributed by atoms with van der Waals surface area (Å²) in [6.07, 6.45) is 0. The molecule has 1 aliphatic rings. The van der Waals surface area contributed by atoms with E-state index in [-0.39, 0.29) is 0 Å². The van der Waals surface area contributed by atoms with Crippen LogP contribution in [0.2, 0.25) is 0 Å². The highest BCUT2D eigenvalue weighted by Gasteiger charge is 2.59. The number of hydrogen-bond acceptors (Lipinski definition) is 3. The third-order valence-corrected chi connectivity index (χ3v) is 7.40. The van der Waals surface area contributed by atoms with Crippen molar-refractivity contribution in [2.75, 3.05) is 0 Å². The van der Waals surface area contributed by atoms with Crippen LogP contribution in [0.3, 0.4) is 0 Å². The maximum absolute atomic E-state index is 14.3. The third-order valence-electron chi connectivity index (χ3n) is 5.94. The number of carbonyl (C=O) groups excluding carboxylic acids is 1. The molecular weight excluding hydrogens is 432 g/mol. The number of nitrogens with one attached hydrogen (secondary N) is 1. The van der Waals surface area contributed by atoms with Crippen LogP contribution in [-0.2, 0) is 20.5 Å². The van der Waals surface area contributed by atoms with Gasteiger partial charge in [0.15, 0.2) is 5.54 Å². The lowest BCUT2D eigenvalue weighted by atomic mass is 9.82. The van der Waals surface area contributed by atoms with Gasteiger partial charge in [0.1, 0.15) is 0 Å². The summed E-state index contributed by atoms with van der Waals surface area (Å²) in [4.78, 5) is 14.3. The predicted octanol–water partition coefficient (Wildman–Crippen LogP) is 4.40. The monoisotopic (exact) mass is 454 g/mol. The second-order valence-corrected chi connectivity index (χ2v) is 9.46. The van der Waals surface area contributed by atoms with Gasteiger partial charge in [0.25, 0.3) is 5.91 Å². The highest BCUT2D eigenvalue weighted by atomic mass is 32.2. The Morgan fingerprint density at radius 1 is 0.606 bits per heavy atom. The van der Waals surface area contributed by atoms with Crippen LogP contribution in [0.5, 0.6) is 0 Å². The van der Waals surface area contributed by atoms with Crippen LogP contribution in [0.25, 0.3) is 0 Å². The predicted molar refractivity (Wildman–Crippen MR) is 127 cm³/mol. The Kier molecular flexibility index (Phi) is 5.32. The lowest BCUT2D eigenvalue weighted by molar-refractivity contribution is -0.130. The smallest absolute Gasteiger partial charge is 0.271 e. The summed E-state index contributed by atoms with van der Waals surface area (Å²) in [5.41, 5.74) is 0.974. The van der Waals surface area contributed by atoms with Crippen LogP contribution < -0.4 is 4.72 Å². The average Bonchev–Trinajstić information content (AvgIpc) is 3.08. The standard InChI is InChI=1S/C27H22N2O3S/c30-26-27(23-17-9-3-10-18-23,24-19-11-4-12-20-24)28-33(31,32)29(26)25(21-13-5-1-6-14-21)22-15-7-2-8-16-22/h1-20,25,28H. The molecule has 1 amide bonds. The minimum atomic E-state index is -4.20. The van der Waals surface area contributed by atoms with E-state index in [4.69, 9.17) is 0 Å². The molecule has 0 saturated carbocycles. The highest BCUT2D eigenvalue weighted by Crippen LogP contribution is 2.43. The van der Waals surface area contributed by atoms with Crippen molar-refractivity contribution in [1.29, 1.82) is 0 Å². The molecule has 5 nitrogen and oxygen atoms in total. The van der Waals surface area contributed by atoms with Gasteiger partial charge in [-0.1, -0.05) is 121 Å². The van der Waals surface area contributed by atoms with Crippen LogP contribution in [-0.4, -0.2) is 18.6 Å². The molecular formula is C27H22N2O3S. The normalized spacial score (nSPS) is 16.8. The maximum Gasteiger partial charge on any atom is 0.306 e. The lowest BCUT2D eigenvalue weighted by Crippen LogP contribution is -2.45. The van der Waals surface area contributed by atoms with Crippen molar-refractivity contribution in [2.45, 2.75) is 11.6 Å². The number of benzene rings is 4. The molecule has 5 rings (SSSR count). The molecule has 1 N–H and O–H groups in total. The van der Waals surface area contributed by atoms with Crippen molar-refractivity contribution < 1.29 is 13.2 Å². The Morgan fingerprint density at radius 3 is 1.36 bits per heavy atom. The number of hydrogen-bond donors (Lipinski definition) is 1. The van der Waals surface area contributed by atoms with Gasteiger partial charge in [0.05, 0.1) is 6.04 Å². The van der Waals surface area contributed by atoms with E-state index in [1.54, 1.807) is 48.5 Å². The first-order chi connectivity index (χ1) is 16.0. The molecule has 0 spiro atoms.